The van der Waals surface area contributed by atoms with Crippen LogP contribution >= 0.6 is 0 Å². The number of carbonyl (C=O) groups is 1. The smallest absolute Gasteiger partial charge is 0.268 e. The van der Waals surface area contributed by atoms with Crippen LogP contribution in [-0.4, -0.2) is 37.8 Å². The van der Waals surface area contributed by atoms with Gasteiger partial charge in [-0.25, -0.2) is 8.42 Å². The van der Waals surface area contributed by atoms with Gasteiger partial charge in [0, 0.05) is 12.7 Å². The normalized spacial score (nSPS) is 11.3. The molecule has 0 spiro atoms. The first-order valence-electron chi connectivity index (χ1n) is 10.1. The second kappa shape index (κ2) is 9.04. The molecule has 0 fully saturated rings. The largest absolute Gasteiger partial charge is 0.497 e. The van der Waals surface area contributed by atoms with E-state index in [1.807, 2.05) is 26.0 Å². The molecule has 0 unspecified atom stereocenters. The van der Waals surface area contributed by atoms with Crippen LogP contribution in [-0.2, 0) is 21.9 Å². The van der Waals surface area contributed by atoms with Crippen molar-refractivity contribution in [3.05, 3.63) is 65.0 Å². The number of sulfonamides is 1. The first-order valence-corrected chi connectivity index (χ1v) is 11.5. The Labute approximate surface area is 188 Å². The van der Waals surface area contributed by atoms with Gasteiger partial charge in [-0.05, 0) is 75.2 Å². The minimum atomic E-state index is -4.07. The number of hydrogen-bond donors (Lipinski definition) is 1. The lowest BCUT2D eigenvalue weighted by Crippen LogP contribution is -2.38. The Bertz CT molecular complexity index is 1250. The van der Waals surface area contributed by atoms with Crippen molar-refractivity contribution in [3.8, 4) is 5.75 Å². The van der Waals surface area contributed by atoms with Crippen molar-refractivity contribution >= 4 is 27.3 Å². The third kappa shape index (κ3) is 4.62. The van der Waals surface area contributed by atoms with Crippen molar-refractivity contribution < 1.29 is 17.9 Å². The molecule has 1 heterocycles. The number of nitrogens with zero attached hydrogens (tertiary/aromatic N) is 3. The van der Waals surface area contributed by atoms with Crippen LogP contribution in [0.4, 0.5) is 11.4 Å². The lowest BCUT2D eigenvalue weighted by atomic mass is 10.1. The van der Waals surface area contributed by atoms with Crippen molar-refractivity contribution in [1.82, 2.24) is 9.78 Å². The maximum Gasteiger partial charge on any atom is 0.268 e. The van der Waals surface area contributed by atoms with Gasteiger partial charge in [-0.2, -0.15) is 5.10 Å². The topological polar surface area (TPSA) is 93.5 Å². The standard InChI is InChI=1S/C23H28N4O4S/c1-15-7-8-19(13-16(15)2)24-22(28)14-27(20-9-11-21(31-6)12-10-20)32(29,30)23-17(3)25-26(5)18(23)4/h7-13H,14H2,1-6H3,(H,24,28). The molecule has 0 aliphatic rings. The number of methoxy groups -OCH3 is 1. The van der Waals surface area contributed by atoms with E-state index >= 15 is 0 Å². The minimum Gasteiger partial charge on any atom is -0.497 e. The van der Waals surface area contributed by atoms with Crippen LogP contribution in [0.3, 0.4) is 0 Å². The fourth-order valence-electron chi connectivity index (χ4n) is 3.45. The van der Waals surface area contributed by atoms with Gasteiger partial charge in [-0.1, -0.05) is 6.07 Å². The van der Waals surface area contributed by atoms with Crippen molar-refractivity contribution in [2.45, 2.75) is 32.6 Å². The highest BCUT2D eigenvalue weighted by atomic mass is 32.2. The van der Waals surface area contributed by atoms with Gasteiger partial charge in [0.2, 0.25) is 5.91 Å². The molecule has 1 aromatic heterocycles. The first kappa shape index (κ1) is 23.3. The molecule has 32 heavy (non-hydrogen) atoms. The number of hydrogen-bond acceptors (Lipinski definition) is 5. The average molecular weight is 457 g/mol. The van der Waals surface area contributed by atoms with E-state index in [-0.39, 0.29) is 4.90 Å². The molecule has 170 valence electrons. The monoisotopic (exact) mass is 456 g/mol. The summed E-state index contributed by atoms with van der Waals surface area (Å²) in [4.78, 5) is 13.0. The third-order valence-electron chi connectivity index (χ3n) is 5.43. The average Bonchev–Trinajstić information content (AvgIpc) is 3.01. The van der Waals surface area contributed by atoms with Gasteiger partial charge in [0.05, 0.1) is 24.2 Å². The van der Waals surface area contributed by atoms with Crippen molar-refractivity contribution in [3.63, 3.8) is 0 Å². The predicted octanol–water partition coefficient (Wildman–Crippen LogP) is 3.50. The molecule has 3 rings (SSSR count). The van der Waals surface area contributed by atoms with Gasteiger partial charge in [0.1, 0.15) is 17.2 Å². The van der Waals surface area contributed by atoms with E-state index in [4.69, 9.17) is 4.74 Å². The Balaban J connectivity index is 2.00. The summed E-state index contributed by atoms with van der Waals surface area (Å²) in [6.07, 6.45) is 0. The van der Waals surface area contributed by atoms with Crippen LogP contribution in [0.5, 0.6) is 5.75 Å². The Morgan fingerprint density at radius 3 is 2.25 bits per heavy atom. The van der Waals surface area contributed by atoms with Crippen LogP contribution in [0.2, 0.25) is 0 Å². The van der Waals surface area contributed by atoms with E-state index < -0.39 is 22.5 Å². The van der Waals surface area contributed by atoms with Crippen molar-refractivity contribution in [2.75, 3.05) is 23.3 Å². The molecule has 0 saturated heterocycles. The molecule has 8 nitrogen and oxygen atoms in total. The summed E-state index contributed by atoms with van der Waals surface area (Å²) in [7, 11) is -0.851. The quantitative estimate of drug-likeness (QED) is 0.587. The molecule has 0 aliphatic carbocycles. The van der Waals surface area contributed by atoms with Crippen molar-refractivity contribution in [2.24, 2.45) is 7.05 Å². The molecule has 0 atom stereocenters. The number of benzene rings is 2. The van der Waals surface area contributed by atoms with Gasteiger partial charge in [-0.3, -0.25) is 13.8 Å². The number of aromatic nitrogens is 2. The first-order chi connectivity index (χ1) is 15.0. The Kier molecular flexibility index (Phi) is 6.59. The molecule has 0 saturated carbocycles. The van der Waals surface area contributed by atoms with Gasteiger partial charge in [-0.15, -0.1) is 0 Å². The Hall–Kier alpha value is -3.33. The lowest BCUT2D eigenvalue weighted by Gasteiger charge is -2.24. The molecule has 0 bridgehead atoms. The molecule has 2 aromatic carbocycles. The zero-order chi connectivity index (χ0) is 23.6. The maximum absolute atomic E-state index is 13.7. The van der Waals surface area contributed by atoms with Crippen LogP contribution in [0.25, 0.3) is 0 Å². The number of aryl methyl sites for hydroxylation is 4. The molecule has 0 aliphatic heterocycles. The highest BCUT2D eigenvalue weighted by Gasteiger charge is 2.32. The number of carbonyl (C=O) groups excluding carboxylic acids is 1. The number of nitrogens with one attached hydrogen (secondary N) is 1. The second-order valence-electron chi connectivity index (χ2n) is 7.68. The Morgan fingerprint density at radius 1 is 1.06 bits per heavy atom. The number of rotatable bonds is 7. The van der Waals surface area contributed by atoms with E-state index in [1.54, 1.807) is 51.2 Å². The fourth-order valence-corrected chi connectivity index (χ4v) is 5.28. The molecule has 3 aromatic rings. The summed E-state index contributed by atoms with van der Waals surface area (Å²) in [5, 5.41) is 7.04. The van der Waals surface area contributed by atoms with Gasteiger partial charge in [0.15, 0.2) is 0 Å². The SMILES string of the molecule is COc1ccc(N(CC(=O)Nc2ccc(C)c(C)c2)S(=O)(=O)c2c(C)nn(C)c2C)cc1. The van der Waals surface area contributed by atoms with E-state index in [0.717, 1.165) is 15.4 Å². The lowest BCUT2D eigenvalue weighted by molar-refractivity contribution is -0.114. The zero-order valence-corrected chi connectivity index (χ0v) is 19.9. The molecule has 0 radical (unpaired) electrons. The van der Waals surface area contributed by atoms with Gasteiger partial charge < -0.3 is 10.1 Å². The van der Waals surface area contributed by atoms with E-state index in [1.165, 1.54) is 11.8 Å². The summed E-state index contributed by atoms with van der Waals surface area (Å²) in [5.41, 5.74) is 3.97. The number of anilines is 2. The molecule has 9 heteroatoms. The maximum atomic E-state index is 13.7. The van der Waals surface area contributed by atoms with E-state index in [9.17, 15) is 13.2 Å². The van der Waals surface area contributed by atoms with Crippen molar-refractivity contribution in [1.29, 1.82) is 0 Å². The third-order valence-corrected chi connectivity index (χ3v) is 7.46. The predicted molar refractivity (Wildman–Crippen MR) is 125 cm³/mol. The number of ether oxygens (including phenoxy) is 1. The fraction of sp³-hybridized carbons (Fsp3) is 0.304. The molecular formula is C23H28N4O4S. The zero-order valence-electron chi connectivity index (χ0n) is 19.1. The highest BCUT2D eigenvalue weighted by Crippen LogP contribution is 2.29. The van der Waals surface area contributed by atoms with Gasteiger partial charge >= 0.3 is 0 Å². The minimum absolute atomic E-state index is 0.0924. The van der Waals surface area contributed by atoms with Crippen LogP contribution in [0.1, 0.15) is 22.5 Å². The van der Waals surface area contributed by atoms with E-state index in [2.05, 4.69) is 10.4 Å². The summed E-state index contributed by atoms with van der Waals surface area (Å²) < 4.78 is 35.2. The summed E-state index contributed by atoms with van der Waals surface area (Å²) in [6.45, 7) is 6.87. The summed E-state index contributed by atoms with van der Waals surface area (Å²) >= 11 is 0. The molecular weight excluding hydrogens is 428 g/mol. The van der Waals surface area contributed by atoms with Crippen LogP contribution in [0, 0.1) is 27.7 Å². The summed E-state index contributed by atoms with van der Waals surface area (Å²) in [5.74, 6) is 0.131. The molecule has 1 N–H and O–H groups in total. The van der Waals surface area contributed by atoms with Crippen LogP contribution in [0.15, 0.2) is 47.4 Å². The number of amides is 1. The van der Waals surface area contributed by atoms with Crippen LogP contribution < -0.4 is 14.4 Å². The summed E-state index contributed by atoms with van der Waals surface area (Å²) in [6, 6.07) is 12.1. The second-order valence-corrected chi connectivity index (χ2v) is 9.48. The highest BCUT2D eigenvalue weighted by molar-refractivity contribution is 7.93. The molecule has 1 amide bonds. The van der Waals surface area contributed by atoms with Gasteiger partial charge in [0.25, 0.3) is 10.0 Å². The van der Waals surface area contributed by atoms with E-state index in [0.29, 0.717) is 28.5 Å². The Morgan fingerprint density at radius 2 is 1.72 bits per heavy atom.